The summed E-state index contributed by atoms with van der Waals surface area (Å²) in [4.78, 5) is 16.8. The zero-order valence-corrected chi connectivity index (χ0v) is 18.9. The first kappa shape index (κ1) is 20.9. The van der Waals surface area contributed by atoms with Crippen molar-refractivity contribution in [1.82, 2.24) is 24.9 Å². The minimum atomic E-state index is 0.641. The molecule has 7 nitrogen and oxygen atoms in total. The van der Waals surface area contributed by atoms with Gasteiger partial charge >= 0.3 is 0 Å². The first-order valence-corrected chi connectivity index (χ1v) is 12.2. The van der Waals surface area contributed by atoms with Gasteiger partial charge in [-0.1, -0.05) is 31.3 Å². The van der Waals surface area contributed by atoms with Crippen LogP contribution in [0.3, 0.4) is 0 Å². The maximum absolute atomic E-state index is 5.57. The zero-order chi connectivity index (χ0) is 21.0. The predicted octanol–water partition coefficient (Wildman–Crippen LogP) is 3.82. The van der Waals surface area contributed by atoms with Gasteiger partial charge in [0.25, 0.3) is 0 Å². The summed E-state index contributed by atoms with van der Waals surface area (Å²) in [5.41, 5.74) is 0.922. The summed E-state index contributed by atoms with van der Waals surface area (Å²) in [5.74, 6) is 3.22. The molecule has 0 aromatic carbocycles. The lowest BCUT2D eigenvalue weighted by Gasteiger charge is -2.40. The van der Waals surface area contributed by atoms with Crippen molar-refractivity contribution >= 4 is 5.82 Å². The molecule has 1 aliphatic carbocycles. The summed E-state index contributed by atoms with van der Waals surface area (Å²) in [6, 6.07) is 4.97. The Kier molecular flexibility index (Phi) is 6.50. The van der Waals surface area contributed by atoms with E-state index in [-0.39, 0.29) is 0 Å². The molecule has 0 spiro atoms. The van der Waals surface area contributed by atoms with E-state index in [0.29, 0.717) is 11.7 Å². The molecule has 0 amide bonds. The van der Waals surface area contributed by atoms with Crippen molar-refractivity contribution in [3.63, 3.8) is 0 Å². The van der Waals surface area contributed by atoms with Gasteiger partial charge in [-0.2, -0.15) is 4.98 Å². The molecule has 0 radical (unpaired) electrons. The van der Waals surface area contributed by atoms with E-state index in [2.05, 4.69) is 48.9 Å². The minimum absolute atomic E-state index is 0.641. The van der Waals surface area contributed by atoms with Crippen molar-refractivity contribution in [2.45, 2.75) is 64.5 Å². The minimum Gasteiger partial charge on any atom is -0.357 e. The first-order valence-electron chi connectivity index (χ1n) is 12.2. The molecule has 0 bridgehead atoms. The van der Waals surface area contributed by atoms with E-state index < -0.39 is 0 Å². The Hall–Kier alpha value is -1.99. The third-order valence-electron chi connectivity index (χ3n) is 7.44. The van der Waals surface area contributed by atoms with Crippen molar-refractivity contribution in [2.75, 3.05) is 44.2 Å². The number of piperazine rings is 1. The number of rotatable bonds is 5. The molecule has 0 atom stereocenters. The van der Waals surface area contributed by atoms with Crippen LogP contribution < -0.4 is 4.90 Å². The van der Waals surface area contributed by atoms with E-state index in [1.807, 2.05) is 6.20 Å². The topological polar surface area (TPSA) is 61.5 Å². The maximum Gasteiger partial charge on any atom is 0.241 e. The second-order valence-corrected chi connectivity index (χ2v) is 9.69. The van der Waals surface area contributed by atoms with E-state index >= 15 is 0 Å². The summed E-state index contributed by atoms with van der Waals surface area (Å²) >= 11 is 0. The average Bonchev–Trinajstić information content (AvgIpc) is 3.29. The summed E-state index contributed by atoms with van der Waals surface area (Å²) in [5, 5.41) is 4.22. The highest BCUT2D eigenvalue weighted by molar-refractivity contribution is 5.55. The molecule has 2 aromatic rings. The predicted molar refractivity (Wildman–Crippen MR) is 122 cm³/mol. The number of hydrogen-bond acceptors (Lipinski definition) is 7. The standard InChI is InChI=1S/C24H36N6O/c1-19-9-11-30(12-10-19)22-8-7-20(17-25-22)24-26-23(31-27-24)18-28-13-15-29(16-14-28)21-5-3-2-4-6-21/h7-8,17,19,21H,2-6,9-16,18H2,1H3. The molecule has 2 aromatic heterocycles. The van der Waals surface area contributed by atoms with Gasteiger partial charge in [-0.05, 0) is 43.7 Å². The van der Waals surface area contributed by atoms with Crippen LogP contribution in [0.1, 0.15) is 57.8 Å². The molecular formula is C24H36N6O. The highest BCUT2D eigenvalue weighted by atomic mass is 16.5. The van der Waals surface area contributed by atoms with Crippen LogP contribution in [0.25, 0.3) is 11.4 Å². The molecule has 5 rings (SSSR count). The molecule has 2 aliphatic heterocycles. The van der Waals surface area contributed by atoms with Crippen molar-refractivity contribution in [2.24, 2.45) is 5.92 Å². The Bertz CT molecular complexity index is 815. The van der Waals surface area contributed by atoms with Gasteiger partial charge in [-0.25, -0.2) is 4.98 Å². The molecule has 3 aliphatic rings. The molecule has 4 heterocycles. The van der Waals surface area contributed by atoms with Crippen molar-refractivity contribution in [3.05, 3.63) is 24.2 Å². The van der Waals surface area contributed by atoms with Crippen LogP contribution in [0.4, 0.5) is 5.82 Å². The van der Waals surface area contributed by atoms with Crippen molar-refractivity contribution < 1.29 is 4.52 Å². The third kappa shape index (κ3) is 5.09. The quantitative estimate of drug-likeness (QED) is 0.723. The summed E-state index contributed by atoms with van der Waals surface area (Å²) in [7, 11) is 0. The Morgan fingerprint density at radius 3 is 2.42 bits per heavy atom. The second kappa shape index (κ2) is 9.65. The molecule has 2 saturated heterocycles. The average molecular weight is 425 g/mol. The first-order chi connectivity index (χ1) is 15.2. The van der Waals surface area contributed by atoms with Crippen LogP contribution in [0.2, 0.25) is 0 Å². The van der Waals surface area contributed by atoms with Crippen LogP contribution in [0.5, 0.6) is 0 Å². The van der Waals surface area contributed by atoms with Gasteiger partial charge in [0.1, 0.15) is 5.82 Å². The van der Waals surface area contributed by atoms with Gasteiger partial charge in [0, 0.05) is 57.1 Å². The highest BCUT2D eigenvalue weighted by Crippen LogP contribution is 2.25. The fourth-order valence-electron chi connectivity index (χ4n) is 5.30. The molecular weight excluding hydrogens is 388 g/mol. The number of aromatic nitrogens is 3. The van der Waals surface area contributed by atoms with Crippen molar-refractivity contribution in [3.8, 4) is 11.4 Å². The van der Waals surface area contributed by atoms with Crippen molar-refractivity contribution in [1.29, 1.82) is 0 Å². The maximum atomic E-state index is 5.57. The lowest BCUT2D eigenvalue weighted by molar-refractivity contribution is 0.0702. The van der Waals surface area contributed by atoms with Gasteiger partial charge in [-0.15, -0.1) is 0 Å². The van der Waals surface area contributed by atoms with E-state index in [1.165, 1.54) is 44.9 Å². The highest BCUT2D eigenvalue weighted by Gasteiger charge is 2.26. The zero-order valence-electron chi connectivity index (χ0n) is 18.9. The van der Waals surface area contributed by atoms with Crippen LogP contribution >= 0.6 is 0 Å². The summed E-state index contributed by atoms with van der Waals surface area (Å²) in [6.07, 6.45) is 11.4. The molecule has 0 N–H and O–H groups in total. The molecule has 31 heavy (non-hydrogen) atoms. The van der Waals surface area contributed by atoms with Crippen LogP contribution in [0, 0.1) is 5.92 Å². The number of pyridine rings is 1. The Morgan fingerprint density at radius 1 is 0.935 bits per heavy atom. The number of nitrogens with zero attached hydrogens (tertiary/aromatic N) is 6. The number of piperidine rings is 1. The smallest absolute Gasteiger partial charge is 0.241 e. The van der Waals surface area contributed by atoms with E-state index in [1.54, 1.807) is 0 Å². The molecule has 168 valence electrons. The van der Waals surface area contributed by atoms with E-state index in [9.17, 15) is 0 Å². The largest absolute Gasteiger partial charge is 0.357 e. The molecule has 3 fully saturated rings. The SMILES string of the molecule is CC1CCN(c2ccc(-c3noc(CN4CCN(C5CCCCC5)CC4)n3)cn2)CC1. The van der Waals surface area contributed by atoms with Gasteiger partial charge in [0.05, 0.1) is 6.54 Å². The Morgan fingerprint density at radius 2 is 1.71 bits per heavy atom. The molecule has 0 unspecified atom stereocenters. The van der Waals surface area contributed by atoms with Gasteiger partial charge in [-0.3, -0.25) is 9.80 Å². The van der Waals surface area contributed by atoms with E-state index in [4.69, 9.17) is 4.52 Å². The number of hydrogen-bond donors (Lipinski definition) is 0. The van der Waals surface area contributed by atoms with Crippen LogP contribution in [-0.2, 0) is 6.54 Å². The van der Waals surface area contributed by atoms with Gasteiger partial charge in [0.15, 0.2) is 0 Å². The lowest BCUT2D eigenvalue weighted by atomic mass is 9.94. The third-order valence-corrected chi connectivity index (χ3v) is 7.44. The summed E-state index contributed by atoms with van der Waals surface area (Å²) in [6.45, 7) is 9.74. The fraction of sp³-hybridized carbons (Fsp3) is 0.708. The van der Waals surface area contributed by atoms with Crippen LogP contribution in [0.15, 0.2) is 22.9 Å². The lowest BCUT2D eigenvalue weighted by Crippen LogP contribution is -2.50. The van der Waals surface area contributed by atoms with Crippen LogP contribution in [-0.4, -0.2) is 70.2 Å². The monoisotopic (exact) mass is 424 g/mol. The van der Waals surface area contributed by atoms with Gasteiger partial charge in [0.2, 0.25) is 11.7 Å². The van der Waals surface area contributed by atoms with E-state index in [0.717, 1.165) is 69.2 Å². The molecule has 7 heteroatoms. The Labute approximate surface area is 185 Å². The Balaban J connectivity index is 1.13. The number of anilines is 1. The molecule has 1 saturated carbocycles. The van der Waals surface area contributed by atoms with Gasteiger partial charge < -0.3 is 9.42 Å². The summed E-state index contributed by atoms with van der Waals surface area (Å²) < 4.78 is 5.57. The normalized spacial score (nSPS) is 22.8. The fourth-order valence-corrected chi connectivity index (χ4v) is 5.30. The second-order valence-electron chi connectivity index (χ2n) is 9.69.